The fraction of sp³-hybridized carbons (Fsp3) is 0.406. The minimum atomic E-state index is -1.96. The van der Waals surface area contributed by atoms with Gasteiger partial charge in [0.05, 0.1) is 35.4 Å². The molecule has 23 heteroatoms. The van der Waals surface area contributed by atoms with Crippen LogP contribution in [0.15, 0.2) is 32.7 Å². The number of amides is 2. The van der Waals surface area contributed by atoms with E-state index in [1.807, 2.05) is 0 Å². The third kappa shape index (κ3) is 7.49. The zero-order valence-electron chi connectivity index (χ0n) is 28.8. The molecule has 3 atom stereocenters. The van der Waals surface area contributed by atoms with Crippen LogP contribution in [0.4, 0.5) is 5.13 Å². The molecule has 292 valence electrons. The van der Waals surface area contributed by atoms with Gasteiger partial charge in [-0.2, -0.15) is 5.10 Å². The van der Waals surface area contributed by atoms with Crippen LogP contribution < -0.4 is 16.5 Å². The lowest BCUT2D eigenvalue weighted by Gasteiger charge is -2.50. The number of aromatic nitrogens is 3. The third-order valence-corrected chi connectivity index (χ3v) is 11.8. The van der Waals surface area contributed by atoms with E-state index in [1.54, 1.807) is 6.92 Å². The number of thioether (sulfide) groups is 1. The minimum Gasteiger partial charge on any atom is -0.504 e. The lowest BCUT2D eigenvalue weighted by molar-refractivity contribution is -0.925. The summed E-state index contributed by atoms with van der Waals surface area (Å²) >= 11 is 8.46. The number of nitrogens with two attached hydrogens (primary N) is 1. The Balaban J connectivity index is 1.26. The number of rotatable bonds is 14. The van der Waals surface area contributed by atoms with Crippen LogP contribution in [0.2, 0.25) is 5.02 Å². The molecule has 2 aromatic heterocycles. The van der Waals surface area contributed by atoms with Gasteiger partial charge in [-0.3, -0.25) is 28.8 Å². The fourth-order valence-electron chi connectivity index (χ4n) is 6.93. The van der Waals surface area contributed by atoms with E-state index in [2.05, 4.69) is 20.6 Å². The number of β-lactam (4-membered cyclic amide) rings is 1. The van der Waals surface area contributed by atoms with Gasteiger partial charge in [0.25, 0.3) is 11.8 Å². The number of aromatic hydroxyl groups is 2. The highest BCUT2D eigenvalue weighted by atomic mass is 35.5. The Morgan fingerprint density at radius 1 is 1.16 bits per heavy atom. The summed E-state index contributed by atoms with van der Waals surface area (Å²) in [6.45, 7) is 3.46. The number of phenolic OH excluding ortho intramolecular Hbond substituents is 2. The average molecular weight is 822 g/mol. The predicted molar refractivity (Wildman–Crippen MR) is 195 cm³/mol. The molecule has 0 saturated carbocycles. The maximum atomic E-state index is 13.8. The Labute approximate surface area is 323 Å². The molecule has 6 rings (SSSR count). The zero-order valence-corrected chi connectivity index (χ0v) is 31.2. The molecule has 0 spiro atoms. The van der Waals surface area contributed by atoms with Crippen molar-refractivity contribution in [1.82, 2.24) is 25.0 Å². The van der Waals surface area contributed by atoms with E-state index < -0.39 is 76.3 Å². The number of likely N-dealkylation sites (tertiary alicyclic amines) is 1. The summed E-state index contributed by atoms with van der Waals surface area (Å²) in [5.74, 6) is -7.32. The van der Waals surface area contributed by atoms with Crippen LogP contribution >= 0.6 is 34.7 Å². The number of thiazole rings is 1. The Kier molecular flexibility index (Phi) is 11.0. The fourth-order valence-corrected chi connectivity index (χ4v) is 9.09. The second kappa shape index (κ2) is 15.4. The van der Waals surface area contributed by atoms with Crippen molar-refractivity contribution in [3.63, 3.8) is 0 Å². The van der Waals surface area contributed by atoms with Gasteiger partial charge in [0, 0.05) is 42.2 Å². The number of hydrogen-bond donors (Lipinski definition) is 7. The van der Waals surface area contributed by atoms with Crippen LogP contribution in [-0.2, 0) is 41.9 Å². The van der Waals surface area contributed by atoms with Crippen molar-refractivity contribution in [3.05, 3.63) is 49.4 Å². The van der Waals surface area contributed by atoms with Crippen LogP contribution in [0.1, 0.15) is 37.6 Å². The van der Waals surface area contributed by atoms with Gasteiger partial charge >= 0.3 is 17.9 Å². The molecule has 0 unspecified atom stereocenters. The first kappa shape index (κ1) is 39.2. The topological polar surface area (TPSA) is 297 Å². The van der Waals surface area contributed by atoms with Crippen molar-refractivity contribution in [2.24, 2.45) is 5.16 Å². The first-order valence-corrected chi connectivity index (χ1v) is 19.0. The van der Waals surface area contributed by atoms with Crippen LogP contribution in [0, 0.1) is 0 Å². The Morgan fingerprint density at radius 2 is 1.87 bits per heavy atom. The number of carboxylic acids is 3. The summed E-state index contributed by atoms with van der Waals surface area (Å²) in [7, 11) is 0. The summed E-state index contributed by atoms with van der Waals surface area (Å²) in [6.07, 6.45) is -1.39. The minimum absolute atomic E-state index is 0.0121. The van der Waals surface area contributed by atoms with Crippen molar-refractivity contribution < 1.29 is 58.8 Å². The number of fused-ring (bicyclic) bond motifs is 2. The van der Waals surface area contributed by atoms with E-state index in [9.17, 15) is 49.2 Å². The number of benzene rings is 1. The van der Waals surface area contributed by atoms with Crippen molar-refractivity contribution in [3.8, 4) is 11.5 Å². The molecule has 2 amide bonds. The van der Waals surface area contributed by atoms with Gasteiger partial charge in [0.2, 0.25) is 11.5 Å². The standard InChI is InChI=1S/C32H33ClN8O12S2/c1-2-39-16-7-17(42)26(46)21(33)20(16)25(45)14(37-39)10-41(5-3-4-6-41)9-13-11-54-29-23(28(48)40(29)24(13)31(51)52)36-27(47)22(15-12-55-32(34)35-15)38-53-18(30(49)50)8-19(43)44/h7,12,18,23,29H,2-6,8-11H2,1H3,(H7-,34,35,36,37,38,42,43,44,45,46,47,49,50,51,52)/p+1/t18-,23+,29+/m0/s1. The number of hydrogen-bond acceptors (Lipinski definition) is 15. The zero-order chi connectivity index (χ0) is 39.9. The summed E-state index contributed by atoms with van der Waals surface area (Å²) in [6, 6.07) is -0.0283. The molecule has 0 bridgehead atoms. The Hall–Kier alpha value is -5.45. The van der Waals surface area contributed by atoms with E-state index in [0.717, 1.165) is 29.1 Å². The number of aryl methyl sites for hydroxylation is 1. The molecule has 1 aromatic carbocycles. The summed E-state index contributed by atoms with van der Waals surface area (Å²) in [5, 5.41) is 60.0. The van der Waals surface area contributed by atoms with E-state index in [-0.39, 0.29) is 61.5 Å². The number of nitrogen functional groups attached to an aromatic ring is 1. The van der Waals surface area contributed by atoms with Crippen LogP contribution in [-0.4, -0.2) is 128 Å². The van der Waals surface area contributed by atoms with Crippen LogP contribution in [0.25, 0.3) is 10.9 Å². The summed E-state index contributed by atoms with van der Waals surface area (Å²) in [5.41, 5.74) is 4.96. The first-order chi connectivity index (χ1) is 26.1. The van der Waals surface area contributed by atoms with Crippen molar-refractivity contribution >= 4 is 86.2 Å². The maximum Gasteiger partial charge on any atom is 0.352 e. The summed E-state index contributed by atoms with van der Waals surface area (Å²) in [4.78, 5) is 86.2. The van der Waals surface area contributed by atoms with Gasteiger partial charge in [-0.25, -0.2) is 14.6 Å². The number of carbonyl (C=O) groups is 5. The molecule has 8 N–H and O–H groups in total. The predicted octanol–water partition coefficient (Wildman–Crippen LogP) is 0.718. The lowest BCUT2D eigenvalue weighted by Crippen LogP contribution is -2.71. The number of carboxylic acid groups (broad SMARTS) is 3. The quantitative estimate of drug-likeness (QED) is 0.0387. The van der Waals surface area contributed by atoms with Gasteiger partial charge in [0.1, 0.15) is 35.9 Å². The van der Waals surface area contributed by atoms with Crippen LogP contribution in [0.3, 0.4) is 0 Å². The molecular weight excluding hydrogens is 788 g/mol. The molecular formula is C32H34ClN8O12S2+. The second-order valence-electron chi connectivity index (χ2n) is 13.0. The number of oxime groups is 1. The number of aliphatic carboxylic acids is 3. The third-order valence-electron chi connectivity index (χ3n) is 9.46. The van der Waals surface area contributed by atoms with Crippen molar-refractivity contribution in [2.75, 3.05) is 31.1 Å². The number of nitrogens with one attached hydrogen (secondary N) is 1. The molecule has 0 radical (unpaired) electrons. The van der Waals surface area contributed by atoms with Gasteiger partial charge in [-0.05, 0) is 6.92 Å². The van der Waals surface area contributed by atoms with Crippen LogP contribution in [0.5, 0.6) is 11.5 Å². The number of nitrogens with zero attached hydrogens (tertiary/aromatic N) is 6. The van der Waals surface area contributed by atoms with Gasteiger partial charge in [0.15, 0.2) is 28.0 Å². The molecule has 3 aromatic rings. The average Bonchev–Trinajstić information content (AvgIpc) is 3.78. The maximum absolute atomic E-state index is 13.8. The number of phenols is 2. The first-order valence-electron chi connectivity index (χ1n) is 16.7. The molecule has 20 nitrogen and oxygen atoms in total. The molecule has 2 fully saturated rings. The molecule has 0 aliphatic carbocycles. The molecule has 5 heterocycles. The molecule has 2 saturated heterocycles. The largest absolute Gasteiger partial charge is 0.504 e. The monoisotopic (exact) mass is 821 g/mol. The molecule has 55 heavy (non-hydrogen) atoms. The van der Waals surface area contributed by atoms with E-state index in [0.29, 0.717) is 25.2 Å². The lowest BCUT2D eigenvalue weighted by atomic mass is 10.0. The van der Waals surface area contributed by atoms with E-state index in [4.69, 9.17) is 27.3 Å². The van der Waals surface area contributed by atoms with Crippen molar-refractivity contribution in [2.45, 2.75) is 56.8 Å². The number of halogens is 1. The van der Waals surface area contributed by atoms with Crippen molar-refractivity contribution in [1.29, 1.82) is 0 Å². The highest BCUT2D eigenvalue weighted by Crippen LogP contribution is 2.42. The number of carbonyl (C=O) groups excluding carboxylic acids is 2. The Morgan fingerprint density at radius 3 is 2.47 bits per heavy atom. The van der Waals surface area contributed by atoms with Gasteiger partial charge in [-0.15, -0.1) is 23.1 Å². The molecule has 3 aliphatic rings. The number of quaternary nitrogens is 1. The normalized spacial score (nSPS) is 19.9. The second-order valence-corrected chi connectivity index (χ2v) is 15.4. The van der Waals surface area contributed by atoms with E-state index in [1.165, 1.54) is 27.9 Å². The van der Waals surface area contributed by atoms with Gasteiger partial charge < -0.3 is 45.9 Å². The number of anilines is 1. The van der Waals surface area contributed by atoms with Gasteiger partial charge in [-0.1, -0.05) is 16.8 Å². The van der Waals surface area contributed by atoms with E-state index >= 15 is 0 Å². The SMILES string of the molecule is CCn1nc(C[N+]2(CC3=C(C(=O)O)N4C(=O)[C@@H](NC(=O)/C(=N\O[C@@H](CC(=O)O)C(=O)O)c5csc(N)n5)[C@H]4SC3)CCCC2)c(=O)c2c(Cl)c(O)c(O)cc21. The summed E-state index contributed by atoms with van der Waals surface area (Å²) < 4.78 is 1.74. The smallest absolute Gasteiger partial charge is 0.352 e. The highest BCUT2D eigenvalue weighted by Gasteiger charge is 2.55. The molecule has 3 aliphatic heterocycles. The Bertz CT molecular complexity index is 2250. The highest BCUT2D eigenvalue weighted by molar-refractivity contribution is 8.00.